The lowest BCUT2D eigenvalue weighted by atomic mass is 10.0. The van der Waals surface area contributed by atoms with Crippen molar-refractivity contribution in [2.24, 2.45) is 0 Å². The summed E-state index contributed by atoms with van der Waals surface area (Å²) in [5, 5.41) is 0. The zero-order chi connectivity index (χ0) is 21.6. The molecule has 0 radical (unpaired) electrons. The Labute approximate surface area is 184 Å². The third-order valence-electron chi connectivity index (χ3n) is 5.97. The van der Waals surface area contributed by atoms with Crippen molar-refractivity contribution in [3.05, 3.63) is 89.5 Å². The average Bonchev–Trinajstić information content (AvgIpc) is 3.24. The Kier molecular flexibility index (Phi) is 6.56. The SMILES string of the molecule is COC(=O)C[C@@H]1CCCN1c1ccc(Oc2cccc(Cc3ccccc3C)c2)cc1. The fraction of sp³-hybridized carbons (Fsp3) is 0.296. The molecule has 0 amide bonds. The van der Waals surface area contributed by atoms with Crippen LogP contribution in [-0.4, -0.2) is 25.7 Å². The molecular weight excluding hydrogens is 386 g/mol. The van der Waals surface area contributed by atoms with E-state index in [1.807, 2.05) is 24.3 Å². The Morgan fingerprint density at radius 3 is 2.58 bits per heavy atom. The number of carbonyl (C=O) groups is 1. The van der Waals surface area contributed by atoms with Crippen LogP contribution in [0.3, 0.4) is 0 Å². The molecule has 1 aliphatic heterocycles. The number of aryl methyl sites for hydroxylation is 1. The van der Waals surface area contributed by atoms with Gasteiger partial charge in [-0.3, -0.25) is 4.79 Å². The molecule has 31 heavy (non-hydrogen) atoms. The van der Waals surface area contributed by atoms with Crippen LogP contribution in [0.5, 0.6) is 11.5 Å². The van der Waals surface area contributed by atoms with Gasteiger partial charge in [-0.25, -0.2) is 0 Å². The third kappa shape index (κ3) is 5.26. The highest BCUT2D eigenvalue weighted by Gasteiger charge is 2.27. The first-order valence-electron chi connectivity index (χ1n) is 10.9. The Morgan fingerprint density at radius 2 is 1.81 bits per heavy atom. The van der Waals surface area contributed by atoms with Gasteiger partial charge in [0, 0.05) is 18.3 Å². The summed E-state index contributed by atoms with van der Waals surface area (Å²) in [6.07, 6.45) is 3.43. The van der Waals surface area contributed by atoms with Crippen molar-refractivity contribution in [1.29, 1.82) is 0 Å². The summed E-state index contributed by atoms with van der Waals surface area (Å²) in [5.41, 5.74) is 4.98. The monoisotopic (exact) mass is 415 g/mol. The van der Waals surface area contributed by atoms with E-state index in [4.69, 9.17) is 9.47 Å². The number of anilines is 1. The van der Waals surface area contributed by atoms with Crippen molar-refractivity contribution in [1.82, 2.24) is 0 Å². The minimum absolute atomic E-state index is 0.151. The molecule has 1 heterocycles. The molecular formula is C27H29NO3. The van der Waals surface area contributed by atoms with E-state index in [0.29, 0.717) is 6.42 Å². The number of ether oxygens (including phenoxy) is 2. The highest BCUT2D eigenvalue weighted by atomic mass is 16.5. The largest absolute Gasteiger partial charge is 0.469 e. The summed E-state index contributed by atoms with van der Waals surface area (Å²) in [7, 11) is 1.45. The molecule has 1 atom stereocenters. The second-order valence-corrected chi connectivity index (χ2v) is 8.12. The van der Waals surface area contributed by atoms with Gasteiger partial charge in [-0.2, -0.15) is 0 Å². The number of benzene rings is 3. The van der Waals surface area contributed by atoms with Crippen LogP contribution in [0.15, 0.2) is 72.8 Å². The van der Waals surface area contributed by atoms with Gasteiger partial charge in [0.1, 0.15) is 11.5 Å². The Hall–Kier alpha value is -3.27. The van der Waals surface area contributed by atoms with Gasteiger partial charge < -0.3 is 14.4 Å². The molecule has 0 unspecified atom stereocenters. The van der Waals surface area contributed by atoms with Crippen LogP contribution < -0.4 is 9.64 Å². The first-order valence-corrected chi connectivity index (χ1v) is 10.9. The van der Waals surface area contributed by atoms with Gasteiger partial charge in [-0.1, -0.05) is 36.4 Å². The van der Waals surface area contributed by atoms with Gasteiger partial charge in [-0.15, -0.1) is 0 Å². The lowest BCUT2D eigenvalue weighted by molar-refractivity contribution is -0.140. The normalized spacial score (nSPS) is 15.7. The summed E-state index contributed by atoms with van der Waals surface area (Å²) in [4.78, 5) is 14.0. The fourth-order valence-electron chi connectivity index (χ4n) is 4.25. The van der Waals surface area contributed by atoms with Gasteiger partial charge in [0.15, 0.2) is 0 Å². The number of hydrogen-bond donors (Lipinski definition) is 0. The van der Waals surface area contributed by atoms with E-state index in [9.17, 15) is 4.79 Å². The Morgan fingerprint density at radius 1 is 1.00 bits per heavy atom. The molecule has 0 N–H and O–H groups in total. The molecule has 0 saturated carbocycles. The maximum Gasteiger partial charge on any atom is 0.307 e. The van der Waals surface area contributed by atoms with Crippen LogP contribution in [0, 0.1) is 6.92 Å². The van der Waals surface area contributed by atoms with E-state index in [0.717, 1.165) is 43.0 Å². The maximum absolute atomic E-state index is 11.7. The van der Waals surface area contributed by atoms with Crippen LogP contribution in [0.4, 0.5) is 5.69 Å². The maximum atomic E-state index is 11.7. The summed E-state index contributed by atoms with van der Waals surface area (Å²) in [6.45, 7) is 3.11. The standard InChI is InChI=1S/C27H29NO3/c1-20-7-3-4-9-22(20)17-21-8-5-11-26(18-21)31-25-14-12-23(13-15-25)28-16-6-10-24(28)19-27(29)30-2/h3-5,7-9,11-15,18,24H,6,10,16-17,19H2,1-2H3/t24-/m0/s1. The van der Waals surface area contributed by atoms with E-state index in [1.165, 1.54) is 23.8 Å². The molecule has 1 fully saturated rings. The van der Waals surface area contributed by atoms with Crippen molar-refractivity contribution in [3.63, 3.8) is 0 Å². The van der Waals surface area contributed by atoms with Crippen molar-refractivity contribution in [2.75, 3.05) is 18.6 Å². The van der Waals surface area contributed by atoms with Gasteiger partial charge in [0.05, 0.1) is 13.5 Å². The van der Waals surface area contributed by atoms with E-state index < -0.39 is 0 Å². The van der Waals surface area contributed by atoms with E-state index in [1.54, 1.807) is 0 Å². The highest BCUT2D eigenvalue weighted by Crippen LogP contribution is 2.30. The average molecular weight is 416 g/mol. The molecule has 4 nitrogen and oxygen atoms in total. The molecule has 4 rings (SSSR count). The minimum Gasteiger partial charge on any atom is -0.469 e. The molecule has 4 heteroatoms. The molecule has 0 aromatic heterocycles. The molecule has 1 saturated heterocycles. The Balaban J connectivity index is 1.42. The number of hydrogen-bond acceptors (Lipinski definition) is 4. The van der Waals surface area contributed by atoms with Crippen molar-refractivity contribution < 1.29 is 14.3 Å². The first kappa shape index (κ1) is 21.0. The van der Waals surface area contributed by atoms with Crippen molar-refractivity contribution in [3.8, 4) is 11.5 Å². The molecule has 3 aromatic carbocycles. The van der Waals surface area contributed by atoms with Crippen molar-refractivity contribution >= 4 is 11.7 Å². The van der Waals surface area contributed by atoms with Gasteiger partial charge in [0.25, 0.3) is 0 Å². The molecule has 1 aliphatic rings. The van der Waals surface area contributed by atoms with Crippen LogP contribution in [-0.2, 0) is 16.0 Å². The highest BCUT2D eigenvalue weighted by molar-refractivity contribution is 5.71. The predicted molar refractivity (Wildman–Crippen MR) is 124 cm³/mol. The summed E-state index contributed by atoms with van der Waals surface area (Å²) >= 11 is 0. The van der Waals surface area contributed by atoms with E-state index in [-0.39, 0.29) is 12.0 Å². The first-order chi connectivity index (χ1) is 15.1. The number of esters is 1. The molecule has 0 aliphatic carbocycles. The second-order valence-electron chi connectivity index (χ2n) is 8.12. The topological polar surface area (TPSA) is 38.8 Å². The molecule has 0 bridgehead atoms. The zero-order valence-electron chi connectivity index (χ0n) is 18.2. The quantitative estimate of drug-likeness (QED) is 0.450. The summed E-state index contributed by atoms with van der Waals surface area (Å²) < 4.78 is 11.0. The molecule has 3 aromatic rings. The lowest BCUT2D eigenvalue weighted by Crippen LogP contribution is -2.31. The number of nitrogens with zero attached hydrogens (tertiary/aromatic N) is 1. The van der Waals surface area contributed by atoms with E-state index in [2.05, 4.69) is 60.4 Å². The second kappa shape index (κ2) is 9.69. The van der Waals surface area contributed by atoms with E-state index >= 15 is 0 Å². The van der Waals surface area contributed by atoms with Crippen LogP contribution >= 0.6 is 0 Å². The van der Waals surface area contributed by atoms with Gasteiger partial charge in [0.2, 0.25) is 0 Å². The summed E-state index contributed by atoms with van der Waals surface area (Å²) in [6, 6.07) is 25.1. The number of rotatable bonds is 7. The van der Waals surface area contributed by atoms with Crippen LogP contribution in [0.2, 0.25) is 0 Å². The van der Waals surface area contributed by atoms with Crippen LogP contribution in [0.25, 0.3) is 0 Å². The number of carbonyl (C=O) groups excluding carboxylic acids is 1. The van der Waals surface area contributed by atoms with Gasteiger partial charge >= 0.3 is 5.97 Å². The minimum atomic E-state index is -0.151. The molecule has 160 valence electrons. The summed E-state index contributed by atoms with van der Waals surface area (Å²) in [5.74, 6) is 1.49. The number of methoxy groups -OCH3 is 1. The third-order valence-corrected chi connectivity index (χ3v) is 5.97. The smallest absolute Gasteiger partial charge is 0.307 e. The van der Waals surface area contributed by atoms with Crippen LogP contribution in [0.1, 0.15) is 36.0 Å². The molecule has 0 spiro atoms. The van der Waals surface area contributed by atoms with Gasteiger partial charge in [-0.05, 0) is 79.3 Å². The fourth-order valence-corrected chi connectivity index (χ4v) is 4.25. The zero-order valence-corrected chi connectivity index (χ0v) is 18.2. The Bertz CT molecular complexity index is 1030. The predicted octanol–water partition coefficient (Wildman–Crippen LogP) is 5.91. The lowest BCUT2D eigenvalue weighted by Gasteiger charge is -2.26. The van der Waals surface area contributed by atoms with Crippen molar-refractivity contribution in [2.45, 2.75) is 38.6 Å².